The Labute approximate surface area is 181 Å². The number of anilines is 1. The van der Waals surface area contributed by atoms with Crippen molar-refractivity contribution in [1.82, 2.24) is 4.98 Å². The Morgan fingerprint density at radius 2 is 1.82 bits per heavy atom. The highest BCUT2D eigenvalue weighted by molar-refractivity contribution is 8.02. The van der Waals surface area contributed by atoms with Crippen molar-refractivity contribution in [1.29, 1.82) is 0 Å². The molecule has 0 saturated heterocycles. The lowest BCUT2D eigenvalue weighted by Gasteiger charge is -2.16. The van der Waals surface area contributed by atoms with Crippen LogP contribution in [0, 0.1) is 0 Å². The lowest BCUT2D eigenvalue weighted by Crippen LogP contribution is -2.01. The molecule has 4 rings (SSSR count). The van der Waals surface area contributed by atoms with Crippen molar-refractivity contribution in [3.8, 4) is 0 Å². The Bertz CT molecular complexity index is 1020. The summed E-state index contributed by atoms with van der Waals surface area (Å²) in [6.07, 6.45) is 6.03. The summed E-state index contributed by atoms with van der Waals surface area (Å²) in [5.74, 6) is 0. The third-order valence-electron chi connectivity index (χ3n) is 4.35. The van der Waals surface area contributed by atoms with E-state index in [1.165, 1.54) is 4.91 Å². The molecule has 0 aliphatic heterocycles. The first kappa shape index (κ1) is 19.6. The fraction of sp³-hybridized carbons (Fsp3) is 0.200. The van der Waals surface area contributed by atoms with Gasteiger partial charge in [-0.3, -0.25) is 5.43 Å². The summed E-state index contributed by atoms with van der Waals surface area (Å²) in [6.45, 7) is 0. The van der Waals surface area contributed by atoms with Gasteiger partial charge in [0.15, 0.2) is 5.58 Å². The Kier molecular flexibility index (Phi) is 6.16. The number of benzene rings is 2. The maximum Gasteiger partial charge on any atom is 0.261 e. The summed E-state index contributed by atoms with van der Waals surface area (Å²) in [6, 6.07) is 11.0. The van der Waals surface area contributed by atoms with Crippen LogP contribution < -0.4 is 5.43 Å². The first-order valence-corrected chi connectivity index (χ1v) is 10.7. The second-order valence-electron chi connectivity index (χ2n) is 6.32. The van der Waals surface area contributed by atoms with Gasteiger partial charge in [0.05, 0.1) is 21.9 Å². The Morgan fingerprint density at radius 3 is 2.61 bits per heavy atom. The number of rotatable bonds is 5. The summed E-state index contributed by atoms with van der Waals surface area (Å²) >= 11 is 19.9. The Hall–Kier alpha value is -1.66. The molecule has 0 radical (unpaired) electrons. The minimum Gasteiger partial charge on any atom is -0.431 e. The number of fused-ring (bicyclic) bond motifs is 1. The van der Waals surface area contributed by atoms with Gasteiger partial charge >= 0.3 is 0 Å². The summed E-state index contributed by atoms with van der Waals surface area (Å²) < 4.78 is 5.85. The monoisotopic (exact) mass is 451 g/mol. The van der Waals surface area contributed by atoms with E-state index in [9.17, 15) is 0 Å². The fourth-order valence-corrected chi connectivity index (χ4v) is 4.90. The van der Waals surface area contributed by atoms with Gasteiger partial charge in [0.25, 0.3) is 5.22 Å². The second-order valence-corrected chi connectivity index (χ2v) is 8.62. The van der Waals surface area contributed by atoms with E-state index in [2.05, 4.69) is 15.5 Å². The second kappa shape index (κ2) is 8.78. The molecule has 2 aromatic carbocycles. The topological polar surface area (TPSA) is 50.4 Å². The van der Waals surface area contributed by atoms with Crippen molar-refractivity contribution >= 4 is 69.6 Å². The zero-order valence-electron chi connectivity index (χ0n) is 14.7. The maximum absolute atomic E-state index is 6.19. The number of para-hydroxylation sites is 2. The van der Waals surface area contributed by atoms with Crippen LogP contribution >= 0.6 is 46.6 Å². The number of aromatic nitrogens is 1. The normalized spacial score (nSPS) is 15.0. The van der Waals surface area contributed by atoms with E-state index < -0.39 is 0 Å². The third kappa shape index (κ3) is 4.49. The van der Waals surface area contributed by atoms with Crippen LogP contribution in [-0.4, -0.2) is 11.2 Å². The number of thioether (sulfide) groups is 1. The van der Waals surface area contributed by atoms with Gasteiger partial charge in [-0.25, -0.2) is 4.98 Å². The molecular weight excluding hydrogens is 437 g/mol. The number of hydrogen-bond donors (Lipinski definition) is 1. The molecule has 0 spiro atoms. The van der Waals surface area contributed by atoms with Gasteiger partial charge in [-0.1, -0.05) is 46.9 Å². The predicted octanol–water partition coefficient (Wildman–Crippen LogP) is 7.81. The summed E-state index contributed by atoms with van der Waals surface area (Å²) in [4.78, 5) is 5.77. The highest BCUT2D eigenvalue weighted by Gasteiger charge is 2.16. The van der Waals surface area contributed by atoms with E-state index in [0.717, 1.165) is 42.4 Å². The molecule has 0 atom stereocenters. The Balaban J connectivity index is 1.54. The van der Waals surface area contributed by atoms with E-state index in [0.29, 0.717) is 26.0 Å². The van der Waals surface area contributed by atoms with Crippen molar-refractivity contribution in [3.63, 3.8) is 0 Å². The third-order valence-corrected chi connectivity index (χ3v) is 6.22. The fourth-order valence-electron chi connectivity index (χ4n) is 2.98. The Morgan fingerprint density at radius 1 is 1.07 bits per heavy atom. The van der Waals surface area contributed by atoms with E-state index in [1.54, 1.807) is 23.9 Å². The minimum absolute atomic E-state index is 0.424. The van der Waals surface area contributed by atoms with Gasteiger partial charge in [-0.05, 0) is 72.2 Å². The molecule has 28 heavy (non-hydrogen) atoms. The molecule has 4 nitrogen and oxygen atoms in total. The molecule has 0 bridgehead atoms. The van der Waals surface area contributed by atoms with Crippen LogP contribution in [0.1, 0.15) is 25.7 Å². The zero-order chi connectivity index (χ0) is 19.5. The van der Waals surface area contributed by atoms with Gasteiger partial charge < -0.3 is 4.42 Å². The van der Waals surface area contributed by atoms with Crippen LogP contribution in [-0.2, 0) is 0 Å². The average molecular weight is 453 g/mol. The molecular formula is C20H16Cl3N3OS. The van der Waals surface area contributed by atoms with E-state index in [4.69, 9.17) is 39.2 Å². The smallest absolute Gasteiger partial charge is 0.261 e. The van der Waals surface area contributed by atoms with Crippen LogP contribution in [0.2, 0.25) is 15.1 Å². The number of oxazole rings is 1. The van der Waals surface area contributed by atoms with Gasteiger partial charge in [-0.15, -0.1) is 0 Å². The van der Waals surface area contributed by atoms with Crippen molar-refractivity contribution in [2.24, 2.45) is 5.10 Å². The maximum atomic E-state index is 6.19. The lowest BCUT2D eigenvalue weighted by molar-refractivity contribution is 0.490. The summed E-state index contributed by atoms with van der Waals surface area (Å²) in [5.41, 5.74) is 6.28. The summed E-state index contributed by atoms with van der Waals surface area (Å²) in [5, 5.41) is 6.33. The highest BCUT2D eigenvalue weighted by atomic mass is 35.5. The number of halogens is 3. The van der Waals surface area contributed by atoms with Crippen molar-refractivity contribution in [2.45, 2.75) is 30.9 Å². The van der Waals surface area contributed by atoms with Crippen LogP contribution in [0.5, 0.6) is 0 Å². The molecule has 1 heterocycles. The molecule has 1 aliphatic carbocycles. The molecule has 0 saturated carbocycles. The largest absolute Gasteiger partial charge is 0.431 e. The van der Waals surface area contributed by atoms with Crippen molar-refractivity contribution in [2.75, 3.05) is 5.43 Å². The van der Waals surface area contributed by atoms with Crippen molar-refractivity contribution in [3.05, 3.63) is 61.9 Å². The van der Waals surface area contributed by atoms with Crippen LogP contribution in [0.15, 0.2) is 61.6 Å². The van der Waals surface area contributed by atoms with Crippen LogP contribution in [0.4, 0.5) is 5.69 Å². The molecule has 0 fully saturated rings. The SMILES string of the molecule is Clc1cc(Cl)c(NN=CC2=C(Sc3nc4ccccc4o3)CCCC2)c(Cl)c1. The first-order valence-electron chi connectivity index (χ1n) is 8.79. The molecule has 3 aromatic rings. The van der Waals surface area contributed by atoms with Crippen LogP contribution in [0.3, 0.4) is 0 Å². The van der Waals surface area contributed by atoms with E-state index in [-0.39, 0.29) is 0 Å². The molecule has 0 unspecified atom stereocenters. The quantitative estimate of drug-likeness (QED) is 0.317. The van der Waals surface area contributed by atoms with E-state index in [1.807, 2.05) is 30.5 Å². The number of hydrazone groups is 1. The van der Waals surface area contributed by atoms with Crippen molar-refractivity contribution < 1.29 is 4.42 Å². The van der Waals surface area contributed by atoms with Gasteiger partial charge in [0.1, 0.15) is 5.52 Å². The van der Waals surface area contributed by atoms with Gasteiger partial charge in [0.2, 0.25) is 0 Å². The summed E-state index contributed by atoms with van der Waals surface area (Å²) in [7, 11) is 0. The number of allylic oxidation sites excluding steroid dienone is 2. The molecule has 144 valence electrons. The molecule has 1 aliphatic rings. The first-order chi connectivity index (χ1) is 13.6. The predicted molar refractivity (Wildman–Crippen MR) is 119 cm³/mol. The zero-order valence-corrected chi connectivity index (χ0v) is 17.8. The number of nitrogens with one attached hydrogen (secondary N) is 1. The van der Waals surface area contributed by atoms with Crippen LogP contribution in [0.25, 0.3) is 11.1 Å². The molecule has 0 amide bonds. The molecule has 1 N–H and O–H groups in total. The molecule has 8 heteroatoms. The minimum atomic E-state index is 0.424. The van der Waals surface area contributed by atoms with Gasteiger partial charge in [-0.2, -0.15) is 5.10 Å². The average Bonchev–Trinajstić information content (AvgIpc) is 3.07. The number of hydrogen-bond acceptors (Lipinski definition) is 5. The molecule has 1 aromatic heterocycles. The lowest BCUT2D eigenvalue weighted by atomic mass is 10.0. The highest BCUT2D eigenvalue weighted by Crippen LogP contribution is 2.38. The van der Waals surface area contributed by atoms with E-state index >= 15 is 0 Å². The van der Waals surface area contributed by atoms with Gasteiger partial charge in [0, 0.05) is 5.02 Å². The standard InChI is InChI=1S/C20H16Cl3N3OS/c21-13-9-14(22)19(15(23)10-13)26-24-11-12-5-1-4-8-18(12)28-20-25-16-6-2-3-7-17(16)27-20/h2-3,6-7,9-11,26H,1,4-5,8H2. The number of nitrogens with zero attached hydrogens (tertiary/aromatic N) is 2.